The number of benzene rings is 1. The summed E-state index contributed by atoms with van der Waals surface area (Å²) in [5, 5.41) is 15.0. The van der Waals surface area contributed by atoms with E-state index in [9.17, 15) is 10.1 Å². The Bertz CT molecular complexity index is 660. The molecule has 6 nitrogen and oxygen atoms in total. The van der Waals surface area contributed by atoms with Crippen LogP contribution in [0.25, 0.3) is 0 Å². The maximum atomic E-state index is 10.7. The monoisotopic (exact) mass is 256 g/mol. The molecule has 0 unspecified atom stereocenters. The van der Waals surface area contributed by atoms with Crippen LogP contribution in [0.15, 0.2) is 47.7 Å². The standard InChI is InChI=1S/C13H12N4O2/c18-17(19)11-4-1-3-10(9-11)14-15-12-6-8-16-7-2-5-13(12)16/h1-5,7,9,14H,6,8H2. The normalized spacial score (nSPS) is 15.5. The highest BCUT2D eigenvalue weighted by Crippen LogP contribution is 2.19. The second kappa shape index (κ2) is 4.56. The van der Waals surface area contributed by atoms with Crippen LogP contribution in [0.2, 0.25) is 0 Å². The lowest BCUT2D eigenvalue weighted by molar-refractivity contribution is -0.384. The van der Waals surface area contributed by atoms with Crippen LogP contribution in [0.3, 0.4) is 0 Å². The van der Waals surface area contributed by atoms with E-state index in [-0.39, 0.29) is 5.69 Å². The third kappa shape index (κ3) is 2.20. The van der Waals surface area contributed by atoms with Crippen LogP contribution in [0.4, 0.5) is 11.4 Å². The number of nitrogens with one attached hydrogen (secondary N) is 1. The highest BCUT2D eigenvalue weighted by Gasteiger charge is 2.16. The smallest absolute Gasteiger partial charge is 0.271 e. The topological polar surface area (TPSA) is 72.5 Å². The van der Waals surface area contributed by atoms with Crippen molar-refractivity contribution in [2.24, 2.45) is 5.10 Å². The summed E-state index contributed by atoms with van der Waals surface area (Å²) >= 11 is 0. The van der Waals surface area contributed by atoms with Gasteiger partial charge in [0.15, 0.2) is 0 Å². The number of hydrazone groups is 1. The lowest BCUT2D eigenvalue weighted by Crippen LogP contribution is -2.00. The molecule has 0 aliphatic carbocycles. The Morgan fingerprint density at radius 1 is 1.32 bits per heavy atom. The summed E-state index contributed by atoms with van der Waals surface area (Å²) in [6.07, 6.45) is 2.89. The molecule has 0 spiro atoms. The van der Waals surface area contributed by atoms with E-state index in [1.54, 1.807) is 12.1 Å². The number of hydrogen-bond acceptors (Lipinski definition) is 4. The maximum absolute atomic E-state index is 10.7. The van der Waals surface area contributed by atoms with Gasteiger partial charge in [0, 0.05) is 31.3 Å². The molecular weight excluding hydrogens is 244 g/mol. The van der Waals surface area contributed by atoms with E-state index in [2.05, 4.69) is 15.1 Å². The van der Waals surface area contributed by atoms with Crippen molar-refractivity contribution in [2.75, 3.05) is 5.43 Å². The zero-order valence-corrected chi connectivity index (χ0v) is 10.1. The summed E-state index contributed by atoms with van der Waals surface area (Å²) in [7, 11) is 0. The molecule has 0 fully saturated rings. The van der Waals surface area contributed by atoms with Crippen molar-refractivity contribution in [3.63, 3.8) is 0 Å². The van der Waals surface area contributed by atoms with E-state index >= 15 is 0 Å². The van der Waals surface area contributed by atoms with Gasteiger partial charge in [0.05, 0.1) is 22.0 Å². The van der Waals surface area contributed by atoms with Gasteiger partial charge in [-0.15, -0.1) is 0 Å². The number of hydrogen-bond donors (Lipinski definition) is 1. The van der Waals surface area contributed by atoms with E-state index in [0.29, 0.717) is 5.69 Å². The van der Waals surface area contributed by atoms with E-state index < -0.39 is 4.92 Å². The molecule has 1 N–H and O–H groups in total. The molecule has 2 aromatic rings. The van der Waals surface area contributed by atoms with Crippen LogP contribution in [-0.4, -0.2) is 15.2 Å². The van der Waals surface area contributed by atoms with E-state index in [1.165, 1.54) is 12.1 Å². The van der Waals surface area contributed by atoms with Gasteiger partial charge in [0.25, 0.3) is 5.69 Å². The molecule has 0 saturated carbocycles. The van der Waals surface area contributed by atoms with Crippen LogP contribution < -0.4 is 5.43 Å². The Morgan fingerprint density at radius 3 is 3.05 bits per heavy atom. The first-order valence-electron chi connectivity index (χ1n) is 5.96. The molecule has 0 amide bonds. The van der Waals surface area contributed by atoms with Gasteiger partial charge in [-0.2, -0.15) is 5.10 Å². The number of rotatable bonds is 3. The molecule has 6 heteroatoms. The Hall–Kier alpha value is -2.63. The molecule has 1 aromatic heterocycles. The summed E-state index contributed by atoms with van der Waals surface area (Å²) in [5.41, 5.74) is 5.62. The number of nitro groups is 1. The third-order valence-electron chi connectivity index (χ3n) is 3.09. The van der Waals surface area contributed by atoms with E-state index in [0.717, 1.165) is 24.4 Å². The second-order valence-electron chi connectivity index (χ2n) is 4.31. The molecule has 19 heavy (non-hydrogen) atoms. The SMILES string of the molecule is O=[N+]([O-])c1cccc(NN=C2CCn3cccc32)c1. The van der Waals surface area contributed by atoms with Gasteiger partial charge in [-0.1, -0.05) is 6.07 Å². The summed E-state index contributed by atoms with van der Waals surface area (Å²) in [6.45, 7) is 0.928. The van der Waals surface area contributed by atoms with Crippen LogP contribution in [-0.2, 0) is 6.54 Å². The largest absolute Gasteiger partial charge is 0.346 e. The molecular formula is C13H12N4O2. The number of aryl methyl sites for hydroxylation is 1. The number of nitro benzene ring substituents is 1. The summed E-state index contributed by atoms with van der Waals surface area (Å²) < 4.78 is 2.13. The fourth-order valence-corrected chi connectivity index (χ4v) is 2.16. The van der Waals surface area contributed by atoms with Crippen LogP contribution in [0.1, 0.15) is 12.1 Å². The number of aromatic nitrogens is 1. The minimum Gasteiger partial charge on any atom is -0.346 e. The summed E-state index contributed by atoms with van der Waals surface area (Å²) in [6, 6.07) is 10.3. The molecule has 0 radical (unpaired) electrons. The zero-order valence-electron chi connectivity index (χ0n) is 10.1. The van der Waals surface area contributed by atoms with E-state index in [1.807, 2.05) is 18.3 Å². The second-order valence-corrected chi connectivity index (χ2v) is 4.31. The van der Waals surface area contributed by atoms with Crippen molar-refractivity contribution in [1.82, 2.24) is 4.57 Å². The molecule has 96 valence electrons. The van der Waals surface area contributed by atoms with Gasteiger partial charge in [0.2, 0.25) is 0 Å². The van der Waals surface area contributed by atoms with Crippen molar-refractivity contribution in [2.45, 2.75) is 13.0 Å². The highest BCUT2D eigenvalue weighted by atomic mass is 16.6. The highest BCUT2D eigenvalue weighted by molar-refractivity contribution is 6.01. The average Bonchev–Trinajstić information content (AvgIpc) is 3.00. The van der Waals surface area contributed by atoms with E-state index in [4.69, 9.17) is 0 Å². The molecule has 0 atom stereocenters. The predicted octanol–water partition coefficient (Wildman–Crippen LogP) is 2.62. The number of fused-ring (bicyclic) bond motifs is 1. The number of nitrogens with zero attached hydrogens (tertiary/aromatic N) is 3. The molecule has 3 rings (SSSR count). The quantitative estimate of drug-likeness (QED) is 0.677. The molecule has 0 saturated heterocycles. The predicted molar refractivity (Wildman–Crippen MR) is 72.3 cm³/mol. The molecule has 1 aromatic carbocycles. The van der Waals surface area contributed by atoms with Crippen LogP contribution in [0, 0.1) is 10.1 Å². The maximum Gasteiger partial charge on any atom is 0.271 e. The average molecular weight is 256 g/mol. The first kappa shape index (κ1) is 11.5. The lowest BCUT2D eigenvalue weighted by atomic mass is 10.2. The van der Waals surface area contributed by atoms with Gasteiger partial charge < -0.3 is 4.57 Å². The first-order chi connectivity index (χ1) is 9.24. The van der Waals surface area contributed by atoms with Crippen molar-refractivity contribution >= 4 is 17.1 Å². The van der Waals surface area contributed by atoms with Gasteiger partial charge in [-0.3, -0.25) is 15.5 Å². The van der Waals surface area contributed by atoms with Crippen molar-refractivity contribution < 1.29 is 4.92 Å². The molecule has 1 aliphatic rings. The first-order valence-corrected chi connectivity index (χ1v) is 5.96. The third-order valence-corrected chi connectivity index (χ3v) is 3.09. The Balaban J connectivity index is 1.80. The Morgan fingerprint density at radius 2 is 2.21 bits per heavy atom. The van der Waals surface area contributed by atoms with Crippen LogP contribution in [0.5, 0.6) is 0 Å². The molecule has 2 heterocycles. The number of anilines is 1. The lowest BCUT2D eigenvalue weighted by Gasteiger charge is -2.01. The summed E-state index contributed by atoms with van der Waals surface area (Å²) in [5.74, 6) is 0. The molecule has 1 aliphatic heterocycles. The van der Waals surface area contributed by atoms with Crippen molar-refractivity contribution in [3.8, 4) is 0 Å². The van der Waals surface area contributed by atoms with Gasteiger partial charge in [-0.25, -0.2) is 0 Å². The zero-order chi connectivity index (χ0) is 13.2. The summed E-state index contributed by atoms with van der Waals surface area (Å²) in [4.78, 5) is 10.3. The fourth-order valence-electron chi connectivity index (χ4n) is 2.16. The molecule has 0 bridgehead atoms. The van der Waals surface area contributed by atoms with Crippen molar-refractivity contribution in [3.05, 3.63) is 58.4 Å². The van der Waals surface area contributed by atoms with Crippen molar-refractivity contribution in [1.29, 1.82) is 0 Å². The van der Waals surface area contributed by atoms with Gasteiger partial charge in [0.1, 0.15) is 0 Å². The Labute approximate surface area is 109 Å². The minimum absolute atomic E-state index is 0.0556. The van der Waals surface area contributed by atoms with Crippen LogP contribution >= 0.6 is 0 Å². The Kier molecular flexibility index (Phi) is 2.75. The number of non-ortho nitro benzene ring substituents is 1. The van der Waals surface area contributed by atoms with Gasteiger partial charge in [-0.05, 0) is 18.2 Å². The minimum atomic E-state index is -0.418. The fraction of sp³-hybridized carbons (Fsp3) is 0.154. The van der Waals surface area contributed by atoms with Gasteiger partial charge >= 0.3 is 0 Å².